The first kappa shape index (κ1) is 14.8. The predicted octanol–water partition coefficient (Wildman–Crippen LogP) is 5.52. The highest BCUT2D eigenvalue weighted by Crippen LogP contribution is 2.30. The third kappa shape index (κ3) is 2.29. The maximum absolute atomic E-state index is 4.97. The fourth-order valence-corrected chi connectivity index (χ4v) is 3.40. The first-order valence-electron chi connectivity index (χ1n) is 8.70. The lowest BCUT2D eigenvalue weighted by Gasteiger charge is -2.11. The van der Waals surface area contributed by atoms with E-state index in [9.17, 15) is 0 Å². The largest absolute Gasteiger partial charge is 0.276 e. The maximum atomic E-state index is 4.97. The van der Waals surface area contributed by atoms with E-state index in [2.05, 4.69) is 59.9 Å². The average Bonchev–Trinajstić information content (AvgIpc) is 3.14. The van der Waals surface area contributed by atoms with Crippen LogP contribution in [0.2, 0.25) is 0 Å². The van der Waals surface area contributed by atoms with Crippen LogP contribution >= 0.6 is 0 Å². The van der Waals surface area contributed by atoms with Crippen LogP contribution in [0.3, 0.4) is 0 Å². The van der Waals surface area contributed by atoms with E-state index in [4.69, 9.17) is 9.97 Å². The molecule has 3 heteroatoms. The zero-order valence-electron chi connectivity index (χ0n) is 14.4. The van der Waals surface area contributed by atoms with Crippen molar-refractivity contribution in [3.8, 4) is 22.8 Å². The van der Waals surface area contributed by atoms with Gasteiger partial charge in [-0.15, -0.1) is 0 Å². The summed E-state index contributed by atoms with van der Waals surface area (Å²) in [5.41, 5.74) is 5.46. The summed E-state index contributed by atoms with van der Waals surface area (Å²) < 4.78 is 2.17. The van der Waals surface area contributed by atoms with Gasteiger partial charge in [-0.2, -0.15) is 0 Å². The minimum atomic E-state index is 0.910. The first-order chi connectivity index (χ1) is 12.8. The molecule has 3 nitrogen and oxygen atoms in total. The van der Waals surface area contributed by atoms with E-state index >= 15 is 0 Å². The molecule has 3 aromatic carbocycles. The lowest BCUT2D eigenvalue weighted by molar-refractivity contribution is 1.12. The number of aromatic nitrogens is 3. The molecule has 0 aliphatic carbocycles. The van der Waals surface area contributed by atoms with Crippen molar-refractivity contribution in [2.45, 2.75) is 6.92 Å². The summed E-state index contributed by atoms with van der Waals surface area (Å²) in [5, 5.41) is 1.11. The Morgan fingerprint density at radius 3 is 2.19 bits per heavy atom. The van der Waals surface area contributed by atoms with Crippen molar-refractivity contribution in [3.63, 3.8) is 0 Å². The van der Waals surface area contributed by atoms with Crippen molar-refractivity contribution in [1.29, 1.82) is 0 Å². The summed E-state index contributed by atoms with van der Waals surface area (Å²) in [6.07, 6.45) is 1.95. The zero-order chi connectivity index (χ0) is 17.5. The molecule has 0 amide bonds. The van der Waals surface area contributed by atoms with Gasteiger partial charge in [0.2, 0.25) is 0 Å². The van der Waals surface area contributed by atoms with E-state index in [-0.39, 0.29) is 0 Å². The topological polar surface area (TPSA) is 30.2 Å². The summed E-state index contributed by atoms with van der Waals surface area (Å²) >= 11 is 0. The van der Waals surface area contributed by atoms with Crippen LogP contribution in [0.25, 0.3) is 39.2 Å². The molecular formula is C23H17N3. The van der Waals surface area contributed by atoms with Gasteiger partial charge in [0, 0.05) is 16.5 Å². The fraction of sp³-hybridized carbons (Fsp3) is 0.0435. The van der Waals surface area contributed by atoms with E-state index in [0.717, 1.165) is 39.2 Å². The van der Waals surface area contributed by atoms with Crippen LogP contribution < -0.4 is 0 Å². The Bertz CT molecular complexity index is 1220. The van der Waals surface area contributed by atoms with Crippen molar-refractivity contribution < 1.29 is 0 Å². The lowest BCUT2D eigenvalue weighted by Crippen LogP contribution is -1.99. The predicted molar refractivity (Wildman–Crippen MR) is 106 cm³/mol. The van der Waals surface area contributed by atoms with Gasteiger partial charge >= 0.3 is 0 Å². The highest BCUT2D eigenvalue weighted by molar-refractivity contribution is 5.96. The molecule has 124 valence electrons. The molecule has 2 aromatic heterocycles. The Morgan fingerprint density at radius 2 is 1.38 bits per heavy atom. The number of benzene rings is 3. The van der Waals surface area contributed by atoms with Crippen molar-refractivity contribution in [2.24, 2.45) is 0 Å². The molecule has 0 spiro atoms. The van der Waals surface area contributed by atoms with E-state index in [1.165, 1.54) is 5.56 Å². The summed E-state index contributed by atoms with van der Waals surface area (Å²) in [6.45, 7) is 2.10. The molecule has 5 rings (SSSR count). The Labute approximate surface area is 151 Å². The molecule has 0 aliphatic rings. The third-order valence-corrected chi connectivity index (χ3v) is 4.72. The van der Waals surface area contributed by atoms with Gasteiger partial charge in [-0.25, -0.2) is 9.97 Å². The molecule has 2 heterocycles. The van der Waals surface area contributed by atoms with E-state index < -0.39 is 0 Å². The van der Waals surface area contributed by atoms with Crippen LogP contribution in [0.1, 0.15) is 5.56 Å². The molecule has 0 saturated carbocycles. The van der Waals surface area contributed by atoms with Gasteiger partial charge in [0.05, 0.1) is 17.2 Å². The molecular weight excluding hydrogens is 318 g/mol. The number of rotatable bonds is 2. The monoisotopic (exact) mass is 335 g/mol. The first-order valence-corrected chi connectivity index (χ1v) is 8.70. The molecule has 0 unspecified atom stereocenters. The average molecular weight is 335 g/mol. The summed E-state index contributed by atoms with van der Waals surface area (Å²) in [6, 6.07) is 27.0. The molecule has 5 aromatic rings. The van der Waals surface area contributed by atoms with Crippen LogP contribution in [-0.4, -0.2) is 14.4 Å². The number of aryl methyl sites for hydroxylation is 1. The molecule has 0 N–H and O–H groups in total. The number of nitrogens with zero attached hydrogens (tertiary/aromatic N) is 3. The van der Waals surface area contributed by atoms with Crippen molar-refractivity contribution >= 4 is 16.4 Å². The number of hydrogen-bond acceptors (Lipinski definition) is 2. The third-order valence-electron chi connectivity index (χ3n) is 4.72. The molecule has 26 heavy (non-hydrogen) atoms. The van der Waals surface area contributed by atoms with Crippen molar-refractivity contribution in [3.05, 3.63) is 90.6 Å². The Morgan fingerprint density at radius 1 is 0.692 bits per heavy atom. The van der Waals surface area contributed by atoms with Gasteiger partial charge in [-0.1, -0.05) is 78.4 Å². The minimum absolute atomic E-state index is 0.910. The van der Waals surface area contributed by atoms with Gasteiger partial charge in [-0.3, -0.25) is 4.40 Å². The van der Waals surface area contributed by atoms with Gasteiger partial charge in [0.15, 0.2) is 0 Å². The second-order valence-electron chi connectivity index (χ2n) is 6.49. The highest BCUT2D eigenvalue weighted by Gasteiger charge is 2.15. The van der Waals surface area contributed by atoms with Gasteiger partial charge in [-0.05, 0) is 13.0 Å². The van der Waals surface area contributed by atoms with Crippen LogP contribution in [0, 0.1) is 6.92 Å². The van der Waals surface area contributed by atoms with E-state index in [0.29, 0.717) is 0 Å². The molecule has 0 aliphatic heterocycles. The lowest BCUT2D eigenvalue weighted by atomic mass is 10.1. The zero-order valence-corrected chi connectivity index (χ0v) is 14.4. The van der Waals surface area contributed by atoms with Crippen LogP contribution in [-0.2, 0) is 0 Å². The van der Waals surface area contributed by atoms with Crippen molar-refractivity contribution in [2.75, 3.05) is 0 Å². The second-order valence-corrected chi connectivity index (χ2v) is 6.49. The highest BCUT2D eigenvalue weighted by atomic mass is 15.1. The quantitative estimate of drug-likeness (QED) is 0.425. The SMILES string of the molecule is Cc1ccc(-c2ncc3c4ccccc4nc(-c4ccccc4)n23)cc1. The Hall–Kier alpha value is -3.46. The number of imidazole rings is 1. The van der Waals surface area contributed by atoms with Gasteiger partial charge in [0.25, 0.3) is 0 Å². The van der Waals surface area contributed by atoms with Crippen LogP contribution in [0.4, 0.5) is 0 Å². The Balaban J connectivity index is 1.91. The van der Waals surface area contributed by atoms with Crippen molar-refractivity contribution in [1.82, 2.24) is 14.4 Å². The molecule has 0 fully saturated rings. The van der Waals surface area contributed by atoms with Gasteiger partial charge in [0.1, 0.15) is 11.6 Å². The van der Waals surface area contributed by atoms with Crippen LogP contribution in [0.5, 0.6) is 0 Å². The maximum Gasteiger partial charge on any atom is 0.146 e. The fourth-order valence-electron chi connectivity index (χ4n) is 3.40. The standard InChI is InChI=1S/C23H17N3/c1-16-11-13-18(14-12-16)22-24-15-21-19-9-5-6-10-20(19)25-23(26(21)22)17-7-3-2-4-8-17/h2-15H,1H3. The van der Waals surface area contributed by atoms with Gasteiger partial charge < -0.3 is 0 Å². The normalized spacial score (nSPS) is 11.3. The number of para-hydroxylation sites is 1. The van der Waals surface area contributed by atoms with E-state index in [1.54, 1.807) is 0 Å². The van der Waals surface area contributed by atoms with E-state index in [1.807, 2.05) is 36.5 Å². The summed E-state index contributed by atoms with van der Waals surface area (Å²) in [4.78, 5) is 9.73. The van der Waals surface area contributed by atoms with Crippen LogP contribution in [0.15, 0.2) is 85.1 Å². The number of hydrogen-bond donors (Lipinski definition) is 0. The summed E-state index contributed by atoms with van der Waals surface area (Å²) in [5.74, 6) is 1.82. The number of fused-ring (bicyclic) bond motifs is 3. The molecule has 0 radical (unpaired) electrons. The minimum Gasteiger partial charge on any atom is -0.276 e. The molecule has 0 bridgehead atoms. The summed E-state index contributed by atoms with van der Waals surface area (Å²) in [7, 11) is 0. The smallest absolute Gasteiger partial charge is 0.146 e. The second kappa shape index (κ2) is 5.81. The molecule has 0 atom stereocenters. The Kier molecular flexibility index (Phi) is 3.32. The molecule has 0 saturated heterocycles.